The lowest BCUT2D eigenvalue weighted by Gasteiger charge is -2.08. The zero-order valence-corrected chi connectivity index (χ0v) is 16.4. The number of hydrogen-bond donors (Lipinski definition) is 0. The van der Waals surface area contributed by atoms with Gasteiger partial charge in [-0.3, -0.25) is 0 Å². The predicted octanol–water partition coefficient (Wildman–Crippen LogP) is 6.59. The minimum atomic E-state index is 0.407. The Labute approximate surface area is 172 Å². The minimum absolute atomic E-state index is 0.407. The van der Waals surface area contributed by atoms with Crippen LogP contribution in [0.25, 0.3) is 21.9 Å². The first-order chi connectivity index (χ1) is 13.7. The maximum absolute atomic E-state index is 9.57. The number of ether oxygens (including phenoxy) is 1. The molecule has 0 spiro atoms. The van der Waals surface area contributed by atoms with Gasteiger partial charge in [-0.15, -0.1) is 11.3 Å². The van der Waals surface area contributed by atoms with Crippen LogP contribution in [-0.2, 0) is 6.61 Å². The van der Waals surface area contributed by atoms with Crippen molar-refractivity contribution in [2.24, 2.45) is 0 Å². The van der Waals surface area contributed by atoms with E-state index in [1.165, 1.54) is 11.3 Å². The zero-order chi connectivity index (χ0) is 19.3. The number of rotatable bonds is 5. The summed E-state index contributed by atoms with van der Waals surface area (Å²) < 4.78 is 6.87. The number of benzene rings is 3. The molecule has 0 atom stereocenters. The fourth-order valence-electron chi connectivity index (χ4n) is 2.73. The van der Waals surface area contributed by atoms with Gasteiger partial charge in [0.1, 0.15) is 23.4 Å². The number of thiazole rings is 1. The number of nitriles is 1. The van der Waals surface area contributed by atoms with Gasteiger partial charge in [0.15, 0.2) is 0 Å². The van der Waals surface area contributed by atoms with Crippen LogP contribution in [0.15, 0.2) is 72.8 Å². The van der Waals surface area contributed by atoms with Gasteiger partial charge in [0.2, 0.25) is 0 Å². The topological polar surface area (TPSA) is 45.9 Å². The van der Waals surface area contributed by atoms with E-state index in [9.17, 15) is 5.26 Å². The van der Waals surface area contributed by atoms with E-state index in [0.29, 0.717) is 17.2 Å². The maximum Gasteiger partial charge on any atom is 0.135 e. The average Bonchev–Trinajstić information content (AvgIpc) is 3.16. The van der Waals surface area contributed by atoms with Gasteiger partial charge < -0.3 is 4.74 Å². The molecule has 3 aromatic carbocycles. The van der Waals surface area contributed by atoms with Crippen LogP contribution in [0.3, 0.4) is 0 Å². The van der Waals surface area contributed by atoms with Gasteiger partial charge in [-0.25, -0.2) is 4.98 Å². The Bertz CT molecular complexity index is 1160. The van der Waals surface area contributed by atoms with Crippen molar-refractivity contribution in [1.82, 2.24) is 4.98 Å². The number of allylic oxidation sites excluding steroid dienone is 1. The normalized spacial score (nSPS) is 11.4. The zero-order valence-electron chi connectivity index (χ0n) is 14.8. The van der Waals surface area contributed by atoms with E-state index >= 15 is 0 Å². The smallest absolute Gasteiger partial charge is 0.135 e. The Morgan fingerprint density at radius 2 is 1.79 bits per heavy atom. The minimum Gasteiger partial charge on any atom is -0.489 e. The lowest BCUT2D eigenvalue weighted by molar-refractivity contribution is 0.306. The van der Waals surface area contributed by atoms with Crippen molar-refractivity contribution >= 4 is 44.8 Å². The van der Waals surface area contributed by atoms with Gasteiger partial charge in [0, 0.05) is 10.6 Å². The lowest BCUT2D eigenvalue weighted by atomic mass is 10.1. The molecule has 0 N–H and O–H groups in total. The van der Waals surface area contributed by atoms with Gasteiger partial charge in [-0.1, -0.05) is 54.1 Å². The van der Waals surface area contributed by atoms with Gasteiger partial charge >= 0.3 is 0 Å². The molecule has 0 saturated carbocycles. The van der Waals surface area contributed by atoms with E-state index in [1.807, 2.05) is 78.9 Å². The molecule has 5 heteroatoms. The van der Waals surface area contributed by atoms with E-state index in [4.69, 9.17) is 16.3 Å². The average molecular weight is 403 g/mol. The summed E-state index contributed by atoms with van der Waals surface area (Å²) in [5, 5.41) is 11.0. The summed E-state index contributed by atoms with van der Waals surface area (Å²) in [5.41, 5.74) is 3.31. The van der Waals surface area contributed by atoms with E-state index in [0.717, 1.165) is 32.1 Å². The second kappa shape index (κ2) is 8.26. The molecule has 1 aromatic heterocycles. The largest absolute Gasteiger partial charge is 0.489 e. The lowest BCUT2D eigenvalue weighted by Crippen LogP contribution is -1.95. The number of hydrogen-bond acceptors (Lipinski definition) is 4. The first-order valence-electron chi connectivity index (χ1n) is 8.67. The fraction of sp³-hybridized carbons (Fsp3) is 0.0435. The monoisotopic (exact) mass is 402 g/mol. The Morgan fingerprint density at radius 1 is 1.04 bits per heavy atom. The van der Waals surface area contributed by atoms with Gasteiger partial charge in [0.25, 0.3) is 0 Å². The molecule has 0 aliphatic rings. The summed E-state index contributed by atoms with van der Waals surface area (Å²) in [6, 6.07) is 25.4. The van der Waals surface area contributed by atoms with Gasteiger partial charge in [0.05, 0.1) is 15.8 Å². The third kappa shape index (κ3) is 4.07. The first-order valence-corrected chi connectivity index (χ1v) is 9.86. The molecule has 4 aromatic rings. The van der Waals surface area contributed by atoms with E-state index in [2.05, 4.69) is 11.1 Å². The highest BCUT2D eigenvalue weighted by atomic mass is 35.5. The van der Waals surface area contributed by atoms with Crippen molar-refractivity contribution in [3.63, 3.8) is 0 Å². The van der Waals surface area contributed by atoms with Crippen LogP contribution >= 0.6 is 22.9 Å². The third-order valence-electron chi connectivity index (χ3n) is 4.19. The molecular weight excluding hydrogens is 388 g/mol. The van der Waals surface area contributed by atoms with Gasteiger partial charge in [-0.2, -0.15) is 5.26 Å². The molecule has 136 valence electrons. The molecule has 1 heterocycles. The van der Waals surface area contributed by atoms with E-state index in [1.54, 1.807) is 0 Å². The molecule has 4 rings (SSSR count). The van der Waals surface area contributed by atoms with E-state index in [-0.39, 0.29) is 0 Å². The van der Waals surface area contributed by atoms with Crippen LogP contribution in [0.4, 0.5) is 0 Å². The highest BCUT2D eigenvalue weighted by molar-refractivity contribution is 7.19. The van der Waals surface area contributed by atoms with Crippen LogP contribution < -0.4 is 4.74 Å². The summed E-state index contributed by atoms with van der Waals surface area (Å²) in [4.78, 5) is 4.56. The van der Waals surface area contributed by atoms with Crippen molar-refractivity contribution in [2.45, 2.75) is 6.61 Å². The molecule has 0 aliphatic heterocycles. The molecule has 0 aliphatic carbocycles. The number of halogens is 1. The van der Waals surface area contributed by atoms with Crippen molar-refractivity contribution in [2.75, 3.05) is 0 Å². The standard InChI is InChI=1S/C23H15ClN2OS/c24-20-6-2-1-5-17(20)15-27-19-11-9-16(10-12-19)13-18(14-25)23-26-21-7-3-4-8-22(21)28-23/h1-13H,15H2/b18-13-. The number of aromatic nitrogens is 1. The summed E-state index contributed by atoms with van der Waals surface area (Å²) in [7, 11) is 0. The molecule has 0 fully saturated rings. The van der Waals surface area contributed by atoms with E-state index < -0.39 is 0 Å². The summed E-state index contributed by atoms with van der Waals surface area (Å²) in [5.74, 6) is 0.746. The second-order valence-corrected chi connectivity index (χ2v) is 7.54. The molecule has 28 heavy (non-hydrogen) atoms. The Hall–Kier alpha value is -3.13. The van der Waals surface area contributed by atoms with Crippen LogP contribution in [0, 0.1) is 11.3 Å². The van der Waals surface area contributed by atoms with Crippen molar-refractivity contribution < 1.29 is 4.74 Å². The second-order valence-electron chi connectivity index (χ2n) is 6.11. The third-order valence-corrected chi connectivity index (χ3v) is 5.63. The predicted molar refractivity (Wildman–Crippen MR) is 115 cm³/mol. The molecule has 0 bridgehead atoms. The van der Waals surface area contributed by atoms with Crippen LogP contribution in [0.5, 0.6) is 5.75 Å². The number of fused-ring (bicyclic) bond motifs is 1. The first kappa shape index (κ1) is 18.2. The Morgan fingerprint density at radius 3 is 2.54 bits per heavy atom. The highest BCUT2D eigenvalue weighted by Crippen LogP contribution is 2.28. The van der Waals surface area contributed by atoms with Crippen LogP contribution in [0.2, 0.25) is 5.02 Å². The molecule has 0 amide bonds. The summed E-state index contributed by atoms with van der Waals surface area (Å²) in [6.07, 6.45) is 1.84. The summed E-state index contributed by atoms with van der Waals surface area (Å²) >= 11 is 7.67. The SMILES string of the molecule is N#C/C(=C/c1ccc(OCc2ccccc2Cl)cc1)c1nc2ccccc2s1. The highest BCUT2D eigenvalue weighted by Gasteiger charge is 2.08. The molecule has 0 saturated heterocycles. The molecular formula is C23H15ClN2OS. The van der Waals surface area contributed by atoms with Crippen LogP contribution in [-0.4, -0.2) is 4.98 Å². The molecule has 3 nitrogen and oxygen atoms in total. The van der Waals surface area contributed by atoms with Gasteiger partial charge in [-0.05, 0) is 42.0 Å². The number of nitrogens with zero attached hydrogens (tertiary/aromatic N) is 2. The van der Waals surface area contributed by atoms with Crippen LogP contribution in [0.1, 0.15) is 16.1 Å². The Balaban J connectivity index is 1.51. The number of para-hydroxylation sites is 1. The maximum atomic E-state index is 9.57. The quantitative estimate of drug-likeness (QED) is 0.353. The Kier molecular flexibility index (Phi) is 5.38. The molecule has 0 unspecified atom stereocenters. The molecule has 0 radical (unpaired) electrons. The van der Waals surface area contributed by atoms with Crippen molar-refractivity contribution in [3.05, 3.63) is 94.0 Å². The fourth-order valence-corrected chi connectivity index (χ4v) is 3.85. The summed E-state index contributed by atoms with van der Waals surface area (Å²) in [6.45, 7) is 0.407. The van der Waals surface area contributed by atoms with Crippen molar-refractivity contribution in [3.8, 4) is 11.8 Å². The van der Waals surface area contributed by atoms with Crippen molar-refractivity contribution in [1.29, 1.82) is 5.26 Å².